The van der Waals surface area contributed by atoms with Gasteiger partial charge in [-0.3, -0.25) is 0 Å². The van der Waals surface area contributed by atoms with Gasteiger partial charge in [0.15, 0.2) is 5.57 Å². The molecule has 1 aliphatic rings. The number of allylic oxidation sites excluding steroid dienone is 2. The summed E-state index contributed by atoms with van der Waals surface area (Å²) in [6, 6.07) is 9.26. The lowest BCUT2D eigenvalue weighted by Crippen LogP contribution is -2.05. The van der Waals surface area contributed by atoms with Crippen LogP contribution in [-0.4, -0.2) is 7.11 Å². The van der Waals surface area contributed by atoms with E-state index in [1.807, 2.05) is 36.4 Å². The summed E-state index contributed by atoms with van der Waals surface area (Å²) in [7, 11) is 1.61. The lowest BCUT2D eigenvalue weighted by Gasteiger charge is -2.16. The average Bonchev–Trinajstić information content (AvgIpc) is 2.39. The van der Waals surface area contributed by atoms with Crippen molar-refractivity contribution < 1.29 is 4.74 Å². The van der Waals surface area contributed by atoms with Crippen LogP contribution >= 0.6 is 0 Å². The van der Waals surface area contributed by atoms with Crippen molar-refractivity contribution in [3.05, 3.63) is 41.1 Å². The van der Waals surface area contributed by atoms with Gasteiger partial charge in [-0.1, -0.05) is 6.08 Å². The van der Waals surface area contributed by atoms with Crippen LogP contribution in [0.3, 0.4) is 0 Å². The van der Waals surface area contributed by atoms with Gasteiger partial charge in [-0.05, 0) is 24.3 Å². The Morgan fingerprint density at radius 2 is 2.00 bits per heavy atom. The van der Waals surface area contributed by atoms with Crippen molar-refractivity contribution in [2.45, 2.75) is 0 Å². The summed E-state index contributed by atoms with van der Waals surface area (Å²) in [5.74, 6) is 0.767. The molecule has 0 saturated carbocycles. The molecule has 0 bridgehead atoms. The van der Waals surface area contributed by atoms with Crippen molar-refractivity contribution in [3.63, 3.8) is 0 Å². The number of methoxy groups -OCH3 is 1. The largest absolute Gasteiger partial charge is 0.497 e. The van der Waals surface area contributed by atoms with Gasteiger partial charge in [0.05, 0.1) is 12.8 Å². The molecule has 2 rings (SSSR count). The predicted octanol–water partition coefficient (Wildman–Crippen LogP) is 2.44. The maximum Gasteiger partial charge on any atom is 0.153 e. The highest BCUT2D eigenvalue weighted by Gasteiger charge is 2.11. The molecule has 1 N–H and O–H groups in total. The van der Waals surface area contributed by atoms with Crippen LogP contribution in [0, 0.1) is 22.7 Å². The molecule has 4 nitrogen and oxygen atoms in total. The number of hydrogen-bond acceptors (Lipinski definition) is 4. The van der Waals surface area contributed by atoms with Crippen LogP contribution in [-0.2, 0) is 0 Å². The molecular formula is C13H9N3O. The first kappa shape index (κ1) is 10.8. The highest BCUT2D eigenvalue weighted by atomic mass is 16.5. The summed E-state index contributed by atoms with van der Waals surface area (Å²) in [5, 5.41) is 20.6. The molecule has 0 spiro atoms. The molecule has 1 aromatic rings. The monoisotopic (exact) mass is 223 g/mol. The fourth-order valence-corrected chi connectivity index (χ4v) is 1.57. The first-order valence-corrected chi connectivity index (χ1v) is 4.96. The van der Waals surface area contributed by atoms with Crippen molar-refractivity contribution in [3.8, 4) is 17.9 Å². The van der Waals surface area contributed by atoms with E-state index in [1.54, 1.807) is 13.2 Å². The maximum atomic E-state index is 8.78. The minimum absolute atomic E-state index is 0.0720. The third-order valence-electron chi connectivity index (χ3n) is 2.45. The van der Waals surface area contributed by atoms with Gasteiger partial charge in [0.25, 0.3) is 0 Å². The van der Waals surface area contributed by atoms with Gasteiger partial charge in [-0.15, -0.1) is 0 Å². The summed E-state index contributed by atoms with van der Waals surface area (Å²) in [6.45, 7) is 0. The summed E-state index contributed by atoms with van der Waals surface area (Å²) < 4.78 is 5.12. The Kier molecular flexibility index (Phi) is 2.81. The number of nitrogens with one attached hydrogen (secondary N) is 1. The fraction of sp³-hybridized carbons (Fsp3) is 0.0769. The molecule has 0 unspecified atom stereocenters. The summed E-state index contributed by atoms with van der Waals surface area (Å²) in [5.41, 5.74) is 2.41. The quantitative estimate of drug-likeness (QED) is 0.742. The molecule has 0 aliphatic carbocycles. The highest BCUT2D eigenvalue weighted by molar-refractivity contribution is 5.77. The van der Waals surface area contributed by atoms with E-state index in [2.05, 4.69) is 5.32 Å². The average molecular weight is 223 g/mol. The number of benzene rings is 1. The van der Waals surface area contributed by atoms with Gasteiger partial charge in [0.1, 0.15) is 17.9 Å². The fourth-order valence-electron chi connectivity index (χ4n) is 1.57. The molecule has 0 atom stereocenters. The van der Waals surface area contributed by atoms with Gasteiger partial charge in [0, 0.05) is 11.3 Å². The van der Waals surface area contributed by atoms with Gasteiger partial charge >= 0.3 is 0 Å². The Labute approximate surface area is 99.0 Å². The zero-order valence-electron chi connectivity index (χ0n) is 9.19. The molecule has 0 saturated heterocycles. The predicted molar refractivity (Wildman–Crippen MR) is 63.9 cm³/mol. The molecule has 0 amide bonds. The Morgan fingerprint density at radius 3 is 2.65 bits per heavy atom. The van der Waals surface area contributed by atoms with Crippen LogP contribution < -0.4 is 10.1 Å². The Balaban J connectivity index is 2.44. The number of fused-ring (bicyclic) bond motifs is 1. The standard InChI is InChI=1S/C13H9N3O/c1-17-11-3-5-12-9(6-11)2-4-13(16-12)10(7-14)8-15/h2-6,16H,1H3. The zero-order valence-corrected chi connectivity index (χ0v) is 9.19. The number of nitrogens with zero attached hydrogens (tertiary/aromatic N) is 2. The van der Waals surface area contributed by atoms with E-state index in [0.29, 0.717) is 5.70 Å². The van der Waals surface area contributed by atoms with Gasteiger partial charge in [0.2, 0.25) is 0 Å². The van der Waals surface area contributed by atoms with E-state index in [1.165, 1.54) is 0 Å². The maximum absolute atomic E-state index is 8.78. The van der Waals surface area contributed by atoms with Crippen molar-refractivity contribution in [1.82, 2.24) is 0 Å². The second-order valence-electron chi connectivity index (χ2n) is 3.42. The van der Waals surface area contributed by atoms with E-state index in [-0.39, 0.29) is 5.57 Å². The van der Waals surface area contributed by atoms with Crippen molar-refractivity contribution in [1.29, 1.82) is 10.5 Å². The molecule has 1 heterocycles. The van der Waals surface area contributed by atoms with Crippen LogP contribution in [0.2, 0.25) is 0 Å². The van der Waals surface area contributed by atoms with Crippen LogP contribution in [0.15, 0.2) is 35.5 Å². The SMILES string of the molecule is COc1ccc2c(c1)C=CC(=C(C#N)C#N)N2. The van der Waals surface area contributed by atoms with E-state index in [9.17, 15) is 0 Å². The summed E-state index contributed by atoms with van der Waals surface area (Å²) in [6.07, 6.45) is 3.56. The van der Waals surface area contributed by atoms with E-state index >= 15 is 0 Å². The van der Waals surface area contributed by atoms with E-state index in [0.717, 1.165) is 17.0 Å². The third-order valence-corrected chi connectivity index (χ3v) is 2.45. The third kappa shape index (κ3) is 1.97. The van der Waals surface area contributed by atoms with E-state index in [4.69, 9.17) is 15.3 Å². The van der Waals surface area contributed by atoms with Crippen LogP contribution in [0.1, 0.15) is 5.56 Å². The molecule has 0 fully saturated rings. The smallest absolute Gasteiger partial charge is 0.153 e. The minimum Gasteiger partial charge on any atom is -0.497 e. The number of hydrogen-bond donors (Lipinski definition) is 1. The molecule has 4 heteroatoms. The second-order valence-corrected chi connectivity index (χ2v) is 3.42. The van der Waals surface area contributed by atoms with Gasteiger partial charge in [-0.2, -0.15) is 10.5 Å². The number of nitriles is 2. The summed E-state index contributed by atoms with van der Waals surface area (Å²) >= 11 is 0. The Hall–Kier alpha value is -2.72. The zero-order chi connectivity index (χ0) is 12.3. The number of rotatable bonds is 1. The second kappa shape index (κ2) is 4.42. The molecule has 0 radical (unpaired) electrons. The minimum atomic E-state index is 0.0720. The topological polar surface area (TPSA) is 68.8 Å². The lowest BCUT2D eigenvalue weighted by atomic mass is 10.1. The molecule has 0 aromatic heterocycles. The Bertz CT molecular complexity index is 584. The lowest BCUT2D eigenvalue weighted by molar-refractivity contribution is 0.415. The first-order chi connectivity index (χ1) is 8.28. The molecule has 82 valence electrons. The van der Waals surface area contributed by atoms with Crippen LogP contribution in [0.4, 0.5) is 5.69 Å². The van der Waals surface area contributed by atoms with E-state index < -0.39 is 0 Å². The molecule has 1 aliphatic heterocycles. The van der Waals surface area contributed by atoms with Crippen LogP contribution in [0.5, 0.6) is 5.75 Å². The molecular weight excluding hydrogens is 214 g/mol. The molecule has 1 aromatic carbocycles. The summed E-state index contributed by atoms with van der Waals surface area (Å²) in [4.78, 5) is 0. The number of ether oxygens (including phenoxy) is 1. The van der Waals surface area contributed by atoms with Gasteiger partial charge < -0.3 is 10.1 Å². The Morgan fingerprint density at radius 1 is 1.24 bits per heavy atom. The van der Waals surface area contributed by atoms with Gasteiger partial charge in [-0.25, -0.2) is 0 Å². The normalized spacial score (nSPS) is 11.8. The van der Waals surface area contributed by atoms with Crippen molar-refractivity contribution in [2.75, 3.05) is 12.4 Å². The highest BCUT2D eigenvalue weighted by Crippen LogP contribution is 2.29. The van der Waals surface area contributed by atoms with Crippen molar-refractivity contribution in [2.24, 2.45) is 0 Å². The first-order valence-electron chi connectivity index (χ1n) is 4.96. The molecule has 17 heavy (non-hydrogen) atoms. The van der Waals surface area contributed by atoms with Crippen molar-refractivity contribution >= 4 is 11.8 Å². The van der Waals surface area contributed by atoms with Crippen LogP contribution in [0.25, 0.3) is 6.08 Å². The number of anilines is 1.